The highest BCUT2D eigenvalue weighted by atomic mass is 16.1. The van der Waals surface area contributed by atoms with Crippen molar-refractivity contribution in [3.8, 4) is 22.5 Å². The Morgan fingerprint density at radius 1 is 1.10 bits per heavy atom. The van der Waals surface area contributed by atoms with Crippen LogP contribution in [0.25, 0.3) is 22.5 Å². The number of nitrogens with zero attached hydrogens (tertiary/aromatic N) is 6. The Labute approximate surface area is 181 Å². The summed E-state index contributed by atoms with van der Waals surface area (Å²) < 4.78 is 3.67. The fourth-order valence-electron chi connectivity index (χ4n) is 3.78. The molecule has 0 aliphatic carbocycles. The second kappa shape index (κ2) is 9.07. The molecule has 4 aromatic rings. The molecule has 1 aromatic carbocycles. The number of aromatic nitrogens is 7. The van der Waals surface area contributed by atoms with Crippen molar-refractivity contribution in [3.05, 3.63) is 70.7 Å². The molecule has 0 atom stereocenters. The lowest BCUT2D eigenvalue weighted by Gasteiger charge is -2.09. The summed E-state index contributed by atoms with van der Waals surface area (Å²) in [6, 6.07) is 11.9. The Bertz CT molecular complexity index is 1190. The average molecular weight is 418 g/mol. The van der Waals surface area contributed by atoms with E-state index in [0.717, 1.165) is 47.5 Å². The Kier molecular flexibility index (Phi) is 6.06. The normalized spacial score (nSPS) is 11.4. The quantitative estimate of drug-likeness (QED) is 0.473. The van der Waals surface area contributed by atoms with Gasteiger partial charge in [0.1, 0.15) is 0 Å². The second-order valence-electron chi connectivity index (χ2n) is 8.10. The molecule has 31 heavy (non-hydrogen) atoms. The van der Waals surface area contributed by atoms with Crippen molar-refractivity contribution in [2.24, 2.45) is 5.92 Å². The number of hydrogen-bond acceptors (Lipinski definition) is 5. The number of aromatic amines is 1. The molecular formula is C23H27N7O. The van der Waals surface area contributed by atoms with Gasteiger partial charge in [-0.25, -0.2) is 4.79 Å². The molecule has 0 unspecified atom stereocenters. The number of imidazole rings is 1. The molecule has 0 fully saturated rings. The molecule has 3 aromatic heterocycles. The van der Waals surface area contributed by atoms with Crippen LogP contribution >= 0.6 is 0 Å². The SMILES string of the molecule is CCCc1cn(CC(C)C)c(=O)n1Cc1ccc(-c2ccccc2-c2nn[nH]n2)cn1. The standard InChI is InChI=1S/C23H27N7O/c1-4-7-19-15-29(13-16(2)3)23(31)30(19)14-18-11-10-17(12-24-18)20-8-5-6-9-21(20)22-25-27-28-26-22/h5-6,8-12,15-16H,4,7,13-14H2,1-3H3,(H,25,26,27,28). The molecule has 0 aliphatic rings. The van der Waals surface area contributed by atoms with Crippen LogP contribution in [0.1, 0.15) is 38.6 Å². The first-order valence-corrected chi connectivity index (χ1v) is 10.6. The zero-order valence-electron chi connectivity index (χ0n) is 18.1. The monoisotopic (exact) mass is 417 g/mol. The Hall–Kier alpha value is -3.55. The van der Waals surface area contributed by atoms with Crippen molar-refractivity contribution in [2.75, 3.05) is 0 Å². The maximum atomic E-state index is 12.9. The fourth-order valence-corrected chi connectivity index (χ4v) is 3.78. The number of pyridine rings is 1. The highest BCUT2D eigenvalue weighted by molar-refractivity contribution is 5.79. The predicted molar refractivity (Wildman–Crippen MR) is 119 cm³/mol. The summed E-state index contributed by atoms with van der Waals surface area (Å²) in [5.74, 6) is 0.960. The number of H-pyrrole nitrogens is 1. The van der Waals surface area contributed by atoms with Crippen LogP contribution in [0, 0.1) is 5.92 Å². The minimum Gasteiger partial charge on any atom is -0.299 e. The first kappa shape index (κ1) is 20.7. The van der Waals surface area contributed by atoms with Crippen molar-refractivity contribution in [3.63, 3.8) is 0 Å². The summed E-state index contributed by atoms with van der Waals surface area (Å²) in [6.45, 7) is 7.56. The van der Waals surface area contributed by atoms with Gasteiger partial charge in [-0.05, 0) is 29.2 Å². The van der Waals surface area contributed by atoms with Crippen molar-refractivity contribution in [2.45, 2.75) is 46.7 Å². The van der Waals surface area contributed by atoms with Crippen LogP contribution in [-0.2, 0) is 19.5 Å². The largest absolute Gasteiger partial charge is 0.328 e. The van der Waals surface area contributed by atoms with E-state index in [4.69, 9.17) is 0 Å². The topological polar surface area (TPSA) is 94.3 Å². The molecule has 4 rings (SSSR count). The summed E-state index contributed by atoms with van der Waals surface area (Å²) in [6.07, 6.45) is 5.70. The summed E-state index contributed by atoms with van der Waals surface area (Å²) in [7, 11) is 0. The maximum absolute atomic E-state index is 12.9. The van der Waals surface area contributed by atoms with Crippen LogP contribution in [0.5, 0.6) is 0 Å². The van der Waals surface area contributed by atoms with E-state index in [9.17, 15) is 4.79 Å². The van der Waals surface area contributed by atoms with E-state index in [0.29, 0.717) is 18.3 Å². The molecule has 0 bridgehead atoms. The molecule has 0 aliphatic heterocycles. The lowest BCUT2D eigenvalue weighted by atomic mass is 10.0. The van der Waals surface area contributed by atoms with E-state index >= 15 is 0 Å². The molecule has 8 heteroatoms. The van der Waals surface area contributed by atoms with Gasteiger partial charge in [0.15, 0.2) is 0 Å². The number of nitrogens with one attached hydrogen (secondary N) is 1. The predicted octanol–water partition coefficient (Wildman–Crippen LogP) is 3.55. The van der Waals surface area contributed by atoms with Gasteiger partial charge in [0, 0.05) is 35.8 Å². The van der Waals surface area contributed by atoms with Crippen molar-refractivity contribution in [1.29, 1.82) is 0 Å². The third-order valence-corrected chi connectivity index (χ3v) is 5.17. The molecule has 0 spiro atoms. The average Bonchev–Trinajstić information content (AvgIpc) is 3.39. The zero-order valence-corrected chi connectivity index (χ0v) is 18.1. The van der Waals surface area contributed by atoms with E-state index in [1.54, 1.807) is 0 Å². The van der Waals surface area contributed by atoms with Gasteiger partial charge < -0.3 is 0 Å². The van der Waals surface area contributed by atoms with Crippen molar-refractivity contribution < 1.29 is 0 Å². The van der Waals surface area contributed by atoms with Gasteiger partial charge in [-0.1, -0.05) is 57.5 Å². The van der Waals surface area contributed by atoms with Gasteiger partial charge in [0.25, 0.3) is 0 Å². The third-order valence-electron chi connectivity index (χ3n) is 5.17. The van der Waals surface area contributed by atoms with E-state index < -0.39 is 0 Å². The minimum atomic E-state index is 0.0329. The first-order chi connectivity index (χ1) is 15.1. The van der Waals surface area contributed by atoms with Gasteiger partial charge in [-0.2, -0.15) is 5.21 Å². The fraction of sp³-hybridized carbons (Fsp3) is 0.348. The molecule has 0 saturated carbocycles. The van der Waals surface area contributed by atoms with Crippen molar-refractivity contribution >= 4 is 0 Å². The summed E-state index contributed by atoms with van der Waals surface area (Å²) >= 11 is 0. The molecular weight excluding hydrogens is 390 g/mol. The van der Waals surface area contributed by atoms with Crippen LogP contribution in [0.4, 0.5) is 0 Å². The minimum absolute atomic E-state index is 0.0329. The molecule has 1 N–H and O–H groups in total. The van der Waals surface area contributed by atoms with Gasteiger partial charge in [0.05, 0.1) is 12.2 Å². The Morgan fingerprint density at radius 3 is 2.55 bits per heavy atom. The first-order valence-electron chi connectivity index (χ1n) is 10.6. The van der Waals surface area contributed by atoms with Crippen LogP contribution in [0.15, 0.2) is 53.6 Å². The highest BCUT2D eigenvalue weighted by Gasteiger charge is 2.14. The van der Waals surface area contributed by atoms with Crippen LogP contribution in [-0.4, -0.2) is 34.7 Å². The molecule has 0 radical (unpaired) electrons. The van der Waals surface area contributed by atoms with E-state index in [2.05, 4.69) is 46.4 Å². The zero-order chi connectivity index (χ0) is 21.8. The van der Waals surface area contributed by atoms with Gasteiger partial charge in [-0.3, -0.25) is 14.1 Å². The van der Waals surface area contributed by atoms with E-state index in [1.807, 2.05) is 57.9 Å². The maximum Gasteiger partial charge on any atom is 0.328 e. The highest BCUT2D eigenvalue weighted by Crippen LogP contribution is 2.29. The van der Waals surface area contributed by atoms with E-state index in [-0.39, 0.29) is 5.69 Å². The van der Waals surface area contributed by atoms with Gasteiger partial charge in [-0.15, -0.1) is 10.2 Å². The summed E-state index contributed by atoms with van der Waals surface area (Å²) in [5, 5.41) is 14.4. The Balaban J connectivity index is 1.62. The molecule has 160 valence electrons. The number of benzene rings is 1. The smallest absolute Gasteiger partial charge is 0.299 e. The number of rotatable bonds is 8. The van der Waals surface area contributed by atoms with Crippen LogP contribution < -0.4 is 5.69 Å². The Morgan fingerprint density at radius 2 is 1.90 bits per heavy atom. The number of tetrazole rings is 1. The number of aryl methyl sites for hydroxylation is 1. The second-order valence-corrected chi connectivity index (χ2v) is 8.10. The molecule has 8 nitrogen and oxygen atoms in total. The van der Waals surface area contributed by atoms with E-state index in [1.165, 1.54) is 0 Å². The molecule has 0 amide bonds. The molecule has 0 saturated heterocycles. The molecule has 3 heterocycles. The number of hydrogen-bond donors (Lipinski definition) is 1. The lowest BCUT2D eigenvalue weighted by Crippen LogP contribution is -2.27. The lowest BCUT2D eigenvalue weighted by molar-refractivity contribution is 0.503. The summed E-state index contributed by atoms with van der Waals surface area (Å²) in [4.78, 5) is 17.6. The van der Waals surface area contributed by atoms with Crippen LogP contribution in [0.3, 0.4) is 0 Å². The van der Waals surface area contributed by atoms with Gasteiger partial charge >= 0.3 is 5.69 Å². The van der Waals surface area contributed by atoms with Crippen molar-refractivity contribution in [1.82, 2.24) is 34.7 Å². The third kappa shape index (κ3) is 4.47. The summed E-state index contributed by atoms with van der Waals surface area (Å²) in [5.41, 5.74) is 4.77. The van der Waals surface area contributed by atoms with Gasteiger partial charge in [0.2, 0.25) is 5.82 Å². The van der Waals surface area contributed by atoms with Crippen LogP contribution in [0.2, 0.25) is 0 Å².